The number of anilines is 2. The van der Waals surface area contributed by atoms with Crippen molar-refractivity contribution in [3.8, 4) is 11.8 Å². The predicted octanol–water partition coefficient (Wildman–Crippen LogP) is 2.89. The molecule has 0 spiro atoms. The number of hydrogen-bond donors (Lipinski definition) is 0. The monoisotopic (exact) mass is 332 g/mol. The molecular weight excluding hydrogens is 312 g/mol. The lowest BCUT2D eigenvalue weighted by atomic mass is 10.0. The normalized spacial score (nSPS) is 21.7. The van der Waals surface area contributed by atoms with Crippen molar-refractivity contribution in [1.82, 2.24) is 9.97 Å². The van der Waals surface area contributed by atoms with E-state index in [0.29, 0.717) is 19.0 Å². The molecule has 1 amide bonds. The standard InChI is InChI=1S/C17H21ClN4O/c1-3-4-7-12-11-22(13-8-5-6-9-13)15-14(21(2)16(12)23)10-19-17(18)20-15/h10,12-13H,5-9,11H2,1-2H3. The summed E-state index contributed by atoms with van der Waals surface area (Å²) in [6.07, 6.45) is 6.92. The van der Waals surface area contributed by atoms with Crippen molar-refractivity contribution in [2.75, 3.05) is 23.4 Å². The molecule has 6 heteroatoms. The van der Waals surface area contributed by atoms with E-state index in [1.54, 1.807) is 25.1 Å². The summed E-state index contributed by atoms with van der Waals surface area (Å²) in [6, 6.07) is 0.413. The van der Waals surface area contributed by atoms with Gasteiger partial charge >= 0.3 is 0 Å². The summed E-state index contributed by atoms with van der Waals surface area (Å²) >= 11 is 6.03. The van der Waals surface area contributed by atoms with Gasteiger partial charge in [-0.15, -0.1) is 11.8 Å². The highest BCUT2D eigenvalue weighted by Crippen LogP contribution is 2.37. The van der Waals surface area contributed by atoms with Crippen molar-refractivity contribution >= 4 is 29.0 Å². The fourth-order valence-electron chi connectivity index (χ4n) is 3.50. The van der Waals surface area contributed by atoms with E-state index in [4.69, 9.17) is 11.6 Å². The molecule has 122 valence electrons. The number of nitrogens with zero attached hydrogens (tertiary/aromatic N) is 4. The van der Waals surface area contributed by atoms with Gasteiger partial charge in [-0.25, -0.2) is 4.98 Å². The molecular formula is C17H21ClN4O. The lowest BCUT2D eigenvalue weighted by Crippen LogP contribution is -2.40. The molecule has 0 bridgehead atoms. The summed E-state index contributed by atoms with van der Waals surface area (Å²) in [4.78, 5) is 25.2. The highest BCUT2D eigenvalue weighted by Gasteiger charge is 2.36. The largest absolute Gasteiger partial charge is 0.351 e. The van der Waals surface area contributed by atoms with Gasteiger partial charge in [0.25, 0.3) is 0 Å². The van der Waals surface area contributed by atoms with E-state index < -0.39 is 0 Å². The minimum atomic E-state index is -0.152. The number of rotatable bonds is 2. The van der Waals surface area contributed by atoms with E-state index in [1.807, 2.05) is 0 Å². The number of carbonyl (C=O) groups is 1. The van der Waals surface area contributed by atoms with Crippen molar-refractivity contribution in [2.24, 2.45) is 5.92 Å². The Hall–Kier alpha value is -1.80. The molecule has 1 saturated carbocycles. The first-order chi connectivity index (χ1) is 11.1. The zero-order chi connectivity index (χ0) is 16.4. The maximum Gasteiger partial charge on any atom is 0.232 e. The average Bonchev–Trinajstić information content (AvgIpc) is 3.05. The van der Waals surface area contributed by atoms with Gasteiger partial charge in [-0.1, -0.05) is 12.8 Å². The smallest absolute Gasteiger partial charge is 0.232 e. The number of aromatic nitrogens is 2. The van der Waals surface area contributed by atoms with Crippen molar-refractivity contribution in [3.63, 3.8) is 0 Å². The maximum atomic E-state index is 12.8. The zero-order valence-electron chi connectivity index (χ0n) is 13.5. The van der Waals surface area contributed by atoms with Gasteiger partial charge < -0.3 is 9.80 Å². The number of carbonyl (C=O) groups excluding carboxylic acids is 1. The van der Waals surface area contributed by atoms with Gasteiger partial charge in [0.2, 0.25) is 11.2 Å². The van der Waals surface area contributed by atoms with Crippen LogP contribution in [0.1, 0.15) is 39.0 Å². The minimum Gasteiger partial charge on any atom is -0.351 e. The fourth-order valence-corrected chi connectivity index (χ4v) is 3.63. The van der Waals surface area contributed by atoms with Crippen molar-refractivity contribution in [2.45, 2.75) is 45.1 Å². The molecule has 1 unspecified atom stereocenters. The summed E-state index contributed by atoms with van der Waals surface area (Å²) in [5, 5.41) is 0.222. The molecule has 2 aliphatic rings. The SMILES string of the molecule is CC#CCC1CN(C2CCCC2)c2nc(Cl)ncc2N(C)C1=O. The maximum absolute atomic E-state index is 12.8. The molecule has 5 nitrogen and oxygen atoms in total. The Labute approximate surface area is 142 Å². The van der Waals surface area contributed by atoms with E-state index in [1.165, 1.54) is 12.8 Å². The van der Waals surface area contributed by atoms with Crippen molar-refractivity contribution in [3.05, 3.63) is 11.5 Å². The lowest BCUT2D eigenvalue weighted by Gasteiger charge is -2.31. The van der Waals surface area contributed by atoms with Crippen LogP contribution in [-0.4, -0.2) is 35.5 Å². The molecule has 1 aromatic heterocycles. The zero-order valence-corrected chi connectivity index (χ0v) is 14.3. The number of halogens is 1. The van der Waals surface area contributed by atoms with Crippen LogP contribution < -0.4 is 9.80 Å². The van der Waals surface area contributed by atoms with Gasteiger partial charge in [-0.2, -0.15) is 4.98 Å². The van der Waals surface area contributed by atoms with Gasteiger partial charge in [0.15, 0.2) is 5.82 Å². The first kappa shape index (κ1) is 16.1. The van der Waals surface area contributed by atoms with Crippen LogP contribution in [0.2, 0.25) is 5.28 Å². The van der Waals surface area contributed by atoms with Gasteiger partial charge in [-0.3, -0.25) is 4.79 Å². The second-order valence-electron chi connectivity index (χ2n) is 6.16. The number of amides is 1. The third kappa shape index (κ3) is 3.13. The van der Waals surface area contributed by atoms with E-state index in [-0.39, 0.29) is 17.1 Å². The second-order valence-corrected chi connectivity index (χ2v) is 6.50. The third-order valence-corrected chi connectivity index (χ3v) is 4.92. The van der Waals surface area contributed by atoms with Crippen LogP contribution in [0.5, 0.6) is 0 Å². The molecule has 23 heavy (non-hydrogen) atoms. The molecule has 2 heterocycles. The van der Waals surface area contributed by atoms with E-state index in [2.05, 4.69) is 26.7 Å². The first-order valence-electron chi connectivity index (χ1n) is 8.08. The second kappa shape index (κ2) is 6.76. The molecule has 0 N–H and O–H groups in total. The molecule has 1 atom stereocenters. The third-order valence-electron chi connectivity index (χ3n) is 4.74. The number of hydrogen-bond acceptors (Lipinski definition) is 4. The minimum absolute atomic E-state index is 0.0698. The summed E-state index contributed by atoms with van der Waals surface area (Å²) in [7, 11) is 1.78. The molecule has 0 saturated heterocycles. The quantitative estimate of drug-likeness (QED) is 0.617. The Balaban J connectivity index is 2.03. The number of fused-ring (bicyclic) bond motifs is 1. The van der Waals surface area contributed by atoms with Crippen LogP contribution in [0.4, 0.5) is 11.5 Å². The van der Waals surface area contributed by atoms with Crippen LogP contribution in [0.15, 0.2) is 6.20 Å². The first-order valence-corrected chi connectivity index (χ1v) is 8.46. The highest BCUT2D eigenvalue weighted by molar-refractivity contribution is 6.28. The molecule has 3 rings (SSSR count). The van der Waals surface area contributed by atoms with E-state index in [9.17, 15) is 4.79 Å². The van der Waals surface area contributed by atoms with Crippen LogP contribution in [-0.2, 0) is 4.79 Å². The highest BCUT2D eigenvalue weighted by atomic mass is 35.5. The topological polar surface area (TPSA) is 49.3 Å². The molecule has 1 aliphatic carbocycles. The van der Waals surface area contributed by atoms with Crippen molar-refractivity contribution in [1.29, 1.82) is 0 Å². The van der Waals surface area contributed by atoms with Crippen LogP contribution in [0.3, 0.4) is 0 Å². The Bertz CT molecular complexity index is 660. The summed E-state index contributed by atoms with van der Waals surface area (Å²) in [6.45, 7) is 2.45. The molecule has 1 aromatic rings. The lowest BCUT2D eigenvalue weighted by molar-refractivity contribution is -0.121. The van der Waals surface area contributed by atoms with Gasteiger partial charge in [0.05, 0.1) is 12.1 Å². The Morgan fingerprint density at radius 2 is 2.13 bits per heavy atom. The fraction of sp³-hybridized carbons (Fsp3) is 0.588. The summed E-state index contributed by atoms with van der Waals surface area (Å²) in [5.41, 5.74) is 0.734. The van der Waals surface area contributed by atoms with Gasteiger partial charge in [-0.05, 0) is 31.4 Å². The molecule has 1 fully saturated rings. The van der Waals surface area contributed by atoms with Crippen LogP contribution in [0.25, 0.3) is 0 Å². The Kier molecular flexibility index (Phi) is 4.72. The van der Waals surface area contributed by atoms with Crippen molar-refractivity contribution < 1.29 is 4.79 Å². The summed E-state index contributed by atoms with van der Waals surface area (Å²) < 4.78 is 0. The van der Waals surface area contributed by atoms with Crippen LogP contribution in [0, 0.1) is 17.8 Å². The average molecular weight is 333 g/mol. The van der Waals surface area contributed by atoms with Gasteiger partial charge in [0, 0.05) is 26.1 Å². The molecule has 0 radical (unpaired) electrons. The van der Waals surface area contributed by atoms with E-state index in [0.717, 1.165) is 24.3 Å². The Morgan fingerprint density at radius 3 is 2.83 bits per heavy atom. The van der Waals surface area contributed by atoms with Crippen LogP contribution >= 0.6 is 11.6 Å². The van der Waals surface area contributed by atoms with Gasteiger partial charge in [0.1, 0.15) is 5.69 Å². The Morgan fingerprint density at radius 1 is 1.39 bits per heavy atom. The molecule has 0 aromatic carbocycles. The predicted molar refractivity (Wildman–Crippen MR) is 91.6 cm³/mol. The van der Waals surface area contributed by atoms with E-state index >= 15 is 0 Å². The molecule has 1 aliphatic heterocycles. The summed E-state index contributed by atoms with van der Waals surface area (Å²) in [5.74, 6) is 6.65.